The van der Waals surface area contributed by atoms with Crippen LogP contribution in [0.1, 0.15) is 5.56 Å². The molecule has 0 fully saturated rings. The molecule has 1 aromatic heterocycles. The number of anilines is 3. The van der Waals surface area contributed by atoms with Gasteiger partial charge in [0.25, 0.3) is 23.4 Å². The van der Waals surface area contributed by atoms with Crippen LogP contribution in [-0.4, -0.2) is 54.6 Å². The van der Waals surface area contributed by atoms with Crippen LogP contribution in [0.15, 0.2) is 47.6 Å². The minimum absolute atomic E-state index is 0.0388. The number of nitro benzene ring substituents is 2. The summed E-state index contributed by atoms with van der Waals surface area (Å²) in [4.78, 5) is 30.6. The minimum atomic E-state index is -5.90. The van der Waals surface area contributed by atoms with E-state index in [1.165, 1.54) is 0 Å². The number of aromatic nitrogens is 3. The van der Waals surface area contributed by atoms with E-state index in [9.17, 15) is 51.7 Å². The van der Waals surface area contributed by atoms with Gasteiger partial charge in [0.15, 0.2) is 0 Å². The van der Waals surface area contributed by atoms with Gasteiger partial charge >= 0.3 is 18.4 Å². The lowest BCUT2D eigenvalue weighted by atomic mass is 10.2. The molecule has 39 heavy (non-hydrogen) atoms. The van der Waals surface area contributed by atoms with E-state index in [1.54, 1.807) is 0 Å². The fourth-order valence-electron chi connectivity index (χ4n) is 2.65. The van der Waals surface area contributed by atoms with Crippen molar-refractivity contribution in [2.24, 2.45) is 5.10 Å². The lowest BCUT2D eigenvalue weighted by Gasteiger charge is -2.22. The SMILES string of the molecule is O=[N+]([O-])c1ccc(Nc2nc(N/N=C\c3cc([N+](=O)[O-])ccc3O)nc(OC(C(F)(F)F)C(F)(F)F)n2)cc1. The standard InChI is InChI=1S/C19H12F6N8O6/c20-18(21,22)14(19(23,24)25)39-17-29-15(27-10-1-3-11(4-2-10)32(35)36)28-16(30-17)31-26-8-9-7-12(33(37)38)5-6-13(9)34/h1-8,14,34H,(H2,27,28,29,30,31)/b26-8-. The van der Waals surface area contributed by atoms with Crippen LogP contribution in [0.2, 0.25) is 0 Å². The Hall–Kier alpha value is -5.30. The molecule has 3 N–H and O–H groups in total. The molecule has 206 valence electrons. The Bertz CT molecular complexity index is 1390. The molecule has 0 aliphatic heterocycles. The molecule has 3 aromatic rings. The van der Waals surface area contributed by atoms with E-state index in [-0.39, 0.29) is 16.9 Å². The summed E-state index contributed by atoms with van der Waals surface area (Å²) in [7, 11) is 0. The van der Waals surface area contributed by atoms with Crippen molar-refractivity contribution in [1.82, 2.24) is 15.0 Å². The highest BCUT2D eigenvalue weighted by atomic mass is 19.4. The van der Waals surface area contributed by atoms with Crippen LogP contribution in [0.25, 0.3) is 0 Å². The maximum absolute atomic E-state index is 13.0. The van der Waals surface area contributed by atoms with Crippen molar-refractivity contribution >= 4 is 35.2 Å². The fourth-order valence-corrected chi connectivity index (χ4v) is 2.65. The molecule has 0 saturated carbocycles. The molecule has 0 aliphatic carbocycles. The Balaban J connectivity index is 1.95. The van der Waals surface area contributed by atoms with Crippen molar-refractivity contribution in [2.75, 3.05) is 10.7 Å². The van der Waals surface area contributed by atoms with Crippen molar-refractivity contribution in [3.8, 4) is 11.8 Å². The molecular formula is C19H12F6N8O6. The normalized spacial score (nSPS) is 12.0. The van der Waals surface area contributed by atoms with Crippen LogP contribution < -0.4 is 15.5 Å². The summed E-state index contributed by atoms with van der Waals surface area (Å²) in [6.45, 7) is 0. The smallest absolute Gasteiger partial charge is 0.434 e. The Morgan fingerprint density at radius 2 is 1.46 bits per heavy atom. The zero-order valence-corrected chi connectivity index (χ0v) is 18.6. The average molecular weight is 562 g/mol. The number of benzene rings is 2. The number of rotatable bonds is 9. The van der Waals surface area contributed by atoms with E-state index >= 15 is 0 Å². The van der Waals surface area contributed by atoms with Gasteiger partial charge in [0.1, 0.15) is 5.75 Å². The summed E-state index contributed by atoms with van der Waals surface area (Å²) in [6, 6.07) is 5.82. The van der Waals surface area contributed by atoms with Crippen molar-refractivity contribution in [3.05, 3.63) is 68.3 Å². The quantitative estimate of drug-likeness (QED) is 0.144. The third kappa shape index (κ3) is 7.60. The number of hydrogen-bond donors (Lipinski definition) is 3. The van der Waals surface area contributed by atoms with Gasteiger partial charge in [0, 0.05) is 35.5 Å². The van der Waals surface area contributed by atoms with Crippen LogP contribution in [0.5, 0.6) is 11.8 Å². The number of alkyl halides is 6. The first kappa shape index (κ1) is 28.3. The molecule has 0 spiro atoms. The van der Waals surface area contributed by atoms with Gasteiger partial charge in [-0.15, -0.1) is 0 Å². The van der Waals surface area contributed by atoms with Crippen LogP contribution in [0, 0.1) is 20.2 Å². The second-order valence-corrected chi connectivity index (χ2v) is 7.15. The predicted octanol–water partition coefficient (Wildman–Crippen LogP) is 4.46. The first-order valence-electron chi connectivity index (χ1n) is 9.97. The van der Waals surface area contributed by atoms with Gasteiger partial charge in [0.2, 0.25) is 5.95 Å². The minimum Gasteiger partial charge on any atom is -0.507 e. The van der Waals surface area contributed by atoms with E-state index in [1.807, 2.05) is 0 Å². The molecule has 0 radical (unpaired) electrons. The molecule has 3 rings (SSSR count). The van der Waals surface area contributed by atoms with Gasteiger partial charge in [-0.1, -0.05) is 0 Å². The molecule has 0 bridgehead atoms. The maximum atomic E-state index is 13.0. The van der Waals surface area contributed by atoms with Gasteiger partial charge in [0.05, 0.1) is 16.1 Å². The van der Waals surface area contributed by atoms with E-state index in [4.69, 9.17) is 0 Å². The summed E-state index contributed by atoms with van der Waals surface area (Å²) < 4.78 is 81.8. The molecule has 2 aromatic carbocycles. The number of aromatic hydroxyl groups is 1. The molecule has 0 amide bonds. The molecule has 0 unspecified atom stereocenters. The number of ether oxygens (including phenoxy) is 1. The van der Waals surface area contributed by atoms with Gasteiger partial charge in [-0.25, -0.2) is 5.43 Å². The van der Waals surface area contributed by atoms with E-state index in [0.29, 0.717) is 0 Å². The van der Waals surface area contributed by atoms with Gasteiger partial charge < -0.3 is 15.2 Å². The molecule has 0 aliphatic rings. The monoisotopic (exact) mass is 562 g/mol. The summed E-state index contributed by atoms with van der Waals surface area (Å²) in [6.07, 6.45) is -15.3. The van der Waals surface area contributed by atoms with Crippen molar-refractivity contribution in [1.29, 1.82) is 0 Å². The number of nitro groups is 2. The molecule has 1 heterocycles. The van der Waals surface area contributed by atoms with Gasteiger partial charge in [-0.05, 0) is 18.2 Å². The lowest BCUT2D eigenvalue weighted by molar-refractivity contribution is -0.385. The second-order valence-electron chi connectivity index (χ2n) is 7.15. The molecule has 14 nitrogen and oxygen atoms in total. The van der Waals surface area contributed by atoms with E-state index < -0.39 is 57.6 Å². The Kier molecular flexibility index (Phi) is 7.96. The Morgan fingerprint density at radius 1 is 0.897 bits per heavy atom. The van der Waals surface area contributed by atoms with Crippen LogP contribution >= 0.6 is 0 Å². The summed E-state index contributed by atoms with van der Waals surface area (Å²) in [5.41, 5.74) is 1.16. The molecular weight excluding hydrogens is 550 g/mol. The number of halogens is 6. The Morgan fingerprint density at radius 3 is 2.03 bits per heavy atom. The third-order valence-corrected chi connectivity index (χ3v) is 4.36. The van der Waals surface area contributed by atoms with Crippen molar-refractivity contribution in [3.63, 3.8) is 0 Å². The molecule has 0 saturated heterocycles. The second kappa shape index (κ2) is 11.0. The fraction of sp³-hybridized carbons (Fsp3) is 0.158. The first-order chi connectivity index (χ1) is 18.1. The predicted molar refractivity (Wildman–Crippen MR) is 119 cm³/mol. The number of non-ortho nitro benzene ring substituents is 2. The zero-order chi connectivity index (χ0) is 29.0. The number of hydrazone groups is 1. The number of phenolic OH excluding ortho intramolecular Hbond substituents is 1. The summed E-state index contributed by atoms with van der Waals surface area (Å²) in [5.74, 6) is -1.87. The van der Waals surface area contributed by atoms with Crippen molar-refractivity contribution in [2.45, 2.75) is 18.5 Å². The summed E-state index contributed by atoms with van der Waals surface area (Å²) >= 11 is 0. The van der Waals surface area contributed by atoms with Gasteiger partial charge in [-0.2, -0.15) is 46.4 Å². The highest BCUT2D eigenvalue weighted by Gasteiger charge is 2.59. The van der Waals surface area contributed by atoms with Crippen LogP contribution in [-0.2, 0) is 0 Å². The average Bonchev–Trinajstić information content (AvgIpc) is 2.82. The highest BCUT2D eigenvalue weighted by Crippen LogP contribution is 2.36. The van der Waals surface area contributed by atoms with E-state index in [2.05, 4.69) is 35.5 Å². The van der Waals surface area contributed by atoms with Crippen molar-refractivity contribution < 1.29 is 46.0 Å². The Labute approximate surface area is 211 Å². The zero-order valence-electron chi connectivity index (χ0n) is 18.6. The van der Waals surface area contributed by atoms with Crippen LogP contribution in [0.4, 0.5) is 55.3 Å². The number of nitrogens with zero attached hydrogens (tertiary/aromatic N) is 6. The summed E-state index contributed by atoms with van der Waals surface area (Å²) in [5, 5.41) is 37.4. The van der Waals surface area contributed by atoms with E-state index in [0.717, 1.165) is 48.7 Å². The topological polar surface area (TPSA) is 191 Å². The van der Waals surface area contributed by atoms with Gasteiger partial charge in [-0.3, -0.25) is 20.2 Å². The maximum Gasteiger partial charge on any atom is 0.434 e. The van der Waals surface area contributed by atoms with Crippen LogP contribution in [0.3, 0.4) is 0 Å². The highest BCUT2D eigenvalue weighted by molar-refractivity contribution is 5.84. The third-order valence-electron chi connectivity index (χ3n) is 4.36. The number of phenols is 1. The number of hydrogen-bond acceptors (Lipinski definition) is 12. The largest absolute Gasteiger partial charge is 0.507 e. The first-order valence-corrected chi connectivity index (χ1v) is 9.97. The molecule has 20 heteroatoms. The lowest BCUT2D eigenvalue weighted by Crippen LogP contribution is -2.46. The molecule has 0 atom stereocenters. The number of nitrogens with one attached hydrogen (secondary N) is 2.